The van der Waals surface area contributed by atoms with Crippen LogP contribution in [-0.2, 0) is 9.63 Å². The largest absolute Gasteiger partial charge is 0.355 e. The van der Waals surface area contributed by atoms with E-state index < -0.39 is 11.9 Å². The van der Waals surface area contributed by atoms with Gasteiger partial charge in [0.25, 0.3) is 5.91 Å². The molecule has 0 aliphatic carbocycles. The third-order valence-corrected chi connectivity index (χ3v) is 4.40. The lowest BCUT2D eigenvalue weighted by atomic mass is 10.2. The van der Waals surface area contributed by atoms with Crippen molar-refractivity contribution in [1.29, 1.82) is 0 Å². The molecule has 1 N–H and O–H groups in total. The molecule has 0 radical (unpaired) electrons. The fourth-order valence-corrected chi connectivity index (χ4v) is 2.71. The van der Waals surface area contributed by atoms with E-state index in [1.807, 2.05) is 36.4 Å². The first kappa shape index (κ1) is 20.2. The van der Waals surface area contributed by atoms with Crippen LogP contribution in [0.1, 0.15) is 15.9 Å². The van der Waals surface area contributed by atoms with Gasteiger partial charge in [0.15, 0.2) is 0 Å². The van der Waals surface area contributed by atoms with E-state index in [0.29, 0.717) is 21.4 Å². The zero-order valence-corrected chi connectivity index (χ0v) is 16.7. The number of carbonyl (C=O) groups excluding carboxylic acids is 2. The van der Waals surface area contributed by atoms with Crippen LogP contribution in [0.25, 0.3) is 6.08 Å². The molecule has 3 aromatic rings. The van der Waals surface area contributed by atoms with Crippen LogP contribution in [0.5, 0.6) is 0 Å². The molecule has 0 unspecified atom stereocenters. The molecule has 0 fully saturated rings. The molecule has 3 aromatic carbocycles. The quantitative estimate of drug-likeness (QED) is 0.286. The van der Waals surface area contributed by atoms with Crippen molar-refractivity contribution in [2.75, 3.05) is 5.48 Å². The van der Waals surface area contributed by atoms with Gasteiger partial charge in [-0.3, -0.25) is 4.79 Å². The summed E-state index contributed by atoms with van der Waals surface area (Å²) in [5.41, 5.74) is 4.94. The molecule has 0 bridgehead atoms. The second-order valence-corrected chi connectivity index (χ2v) is 6.65. The molecule has 0 heterocycles. The van der Waals surface area contributed by atoms with E-state index in [4.69, 9.17) is 4.84 Å². The van der Waals surface area contributed by atoms with Crippen molar-refractivity contribution in [3.63, 3.8) is 0 Å². The molecule has 0 aromatic heterocycles. The van der Waals surface area contributed by atoms with Crippen LogP contribution in [0.15, 0.2) is 99.6 Å². The van der Waals surface area contributed by atoms with Crippen LogP contribution < -0.4 is 5.48 Å². The van der Waals surface area contributed by atoms with Crippen molar-refractivity contribution in [3.8, 4) is 0 Å². The molecule has 0 aliphatic rings. The van der Waals surface area contributed by atoms with Crippen LogP contribution in [0, 0.1) is 0 Å². The number of halogens is 1. The van der Waals surface area contributed by atoms with Crippen molar-refractivity contribution < 1.29 is 14.4 Å². The Morgan fingerprint density at radius 2 is 1.59 bits per heavy atom. The number of hydrogen-bond donors (Lipinski definition) is 1. The van der Waals surface area contributed by atoms with Crippen LogP contribution in [0.2, 0.25) is 0 Å². The summed E-state index contributed by atoms with van der Waals surface area (Å²) < 4.78 is 0.659. The molecule has 0 saturated heterocycles. The second-order valence-electron chi connectivity index (χ2n) is 5.80. The zero-order chi connectivity index (χ0) is 20.5. The molecular weight excluding hydrogens is 434 g/mol. The Kier molecular flexibility index (Phi) is 7.02. The number of nitrogens with zero attached hydrogens (tertiary/aromatic N) is 2. The lowest BCUT2D eigenvalue weighted by Gasteiger charge is -2.04. The summed E-state index contributed by atoms with van der Waals surface area (Å²) in [7, 11) is 0. The molecule has 0 aliphatic heterocycles. The van der Waals surface area contributed by atoms with E-state index >= 15 is 0 Å². The minimum Gasteiger partial charge on any atom is -0.339 e. The summed E-state index contributed by atoms with van der Waals surface area (Å²) in [5.74, 6) is -0.976. The molecule has 6 nitrogen and oxygen atoms in total. The fraction of sp³-hybridized carbons (Fsp3) is 0. The summed E-state index contributed by atoms with van der Waals surface area (Å²) in [5, 5.41) is 7.65. The Morgan fingerprint density at radius 3 is 2.31 bits per heavy atom. The van der Waals surface area contributed by atoms with E-state index in [2.05, 4.69) is 31.6 Å². The third kappa shape index (κ3) is 6.22. The Hall–Kier alpha value is -3.58. The van der Waals surface area contributed by atoms with E-state index in [-0.39, 0.29) is 0 Å². The molecule has 1 amide bonds. The number of amides is 1. The van der Waals surface area contributed by atoms with Gasteiger partial charge in [0, 0.05) is 10.5 Å². The second kappa shape index (κ2) is 10.1. The predicted octanol–water partition coefficient (Wildman–Crippen LogP) is 5.96. The minimum atomic E-state index is -0.531. The predicted molar refractivity (Wildman–Crippen MR) is 115 cm³/mol. The molecule has 29 heavy (non-hydrogen) atoms. The summed E-state index contributed by atoms with van der Waals surface area (Å²) in [4.78, 5) is 28.8. The van der Waals surface area contributed by atoms with Gasteiger partial charge >= 0.3 is 5.97 Å². The van der Waals surface area contributed by atoms with Crippen LogP contribution in [0.3, 0.4) is 0 Å². The number of anilines is 1. The van der Waals surface area contributed by atoms with Gasteiger partial charge in [-0.2, -0.15) is 0 Å². The Labute approximate surface area is 176 Å². The van der Waals surface area contributed by atoms with Gasteiger partial charge in [-0.25, -0.2) is 10.3 Å². The highest BCUT2D eigenvalue weighted by atomic mass is 79.9. The van der Waals surface area contributed by atoms with Crippen molar-refractivity contribution in [1.82, 2.24) is 0 Å². The van der Waals surface area contributed by atoms with Crippen molar-refractivity contribution in [2.24, 2.45) is 10.2 Å². The van der Waals surface area contributed by atoms with E-state index in [0.717, 1.165) is 5.56 Å². The van der Waals surface area contributed by atoms with Gasteiger partial charge < -0.3 is 4.84 Å². The highest BCUT2D eigenvalue weighted by Crippen LogP contribution is 2.20. The number of hydrogen-bond acceptors (Lipinski definition) is 5. The van der Waals surface area contributed by atoms with E-state index in [9.17, 15) is 9.59 Å². The van der Waals surface area contributed by atoms with Crippen molar-refractivity contribution >= 4 is 45.3 Å². The highest BCUT2D eigenvalue weighted by molar-refractivity contribution is 9.10. The standard InChI is InChI=1S/C22H16BrN3O3/c23-20-9-5-4-8-19(20)22(28)25-24-17-11-13-18(14-12-17)26-29-21(27)15-10-16-6-2-1-3-7-16/h1-15,26H/b15-10+,25-24?. The maximum absolute atomic E-state index is 12.1. The van der Waals surface area contributed by atoms with Gasteiger partial charge in [-0.1, -0.05) is 42.5 Å². The first-order chi connectivity index (χ1) is 14.1. The van der Waals surface area contributed by atoms with Crippen LogP contribution in [0.4, 0.5) is 11.4 Å². The smallest absolute Gasteiger partial charge is 0.339 e. The molecular formula is C22H16BrN3O3. The number of carbonyl (C=O) groups is 2. The summed E-state index contributed by atoms with van der Waals surface area (Å²) >= 11 is 3.31. The molecule has 3 rings (SSSR count). The number of rotatable bonds is 6. The van der Waals surface area contributed by atoms with E-state index in [1.165, 1.54) is 6.08 Å². The maximum atomic E-state index is 12.1. The van der Waals surface area contributed by atoms with Gasteiger partial charge in [-0.05, 0) is 64.0 Å². The van der Waals surface area contributed by atoms with Crippen molar-refractivity contribution in [2.45, 2.75) is 0 Å². The molecule has 0 saturated carbocycles. The van der Waals surface area contributed by atoms with Gasteiger partial charge in [0.1, 0.15) is 0 Å². The summed E-state index contributed by atoms with van der Waals surface area (Å²) in [6.45, 7) is 0. The molecule has 144 valence electrons. The Bertz CT molecular complexity index is 1050. The van der Waals surface area contributed by atoms with Crippen molar-refractivity contribution in [3.05, 3.63) is 101 Å². The molecule has 0 atom stereocenters. The Balaban J connectivity index is 1.52. The third-order valence-electron chi connectivity index (χ3n) is 3.71. The lowest BCUT2D eigenvalue weighted by molar-refractivity contribution is -0.134. The number of benzene rings is 3. The first-order valence-electron chi connectivity index (χ1n) is 8.62. The Morgan fingerprint density at radius 1 is 0.897 bits per heavy atom. The number of azo groups is 1. The van der Waals surface area contributed by atoms with Crippen LogP contribution >= 0.6 is 15.9 Å². The highest BCUT2D eigenvalue weighted by Gasteiger charge is 2.07. The lowest BCUT2D eigenvalue weighted by Crippen LogP contribution is -2.07. The average molecular weight is 450 g/mol. The first-order valence-corrected chi connectivity index (χ1v) is 9.42. The molecule has 0 spiro atoms. The topological polar surface area (TPSA) is 80.1 Å². The number of nitrogens with one attached hydrogen (secondary N) is 1. The normalized spacial score (nSPS) is 10.9. The molecule has 7 heteroatoms. The average Bonchev–Trinajstić information content (AvgIpc) is 2.76. The summed E-state index contributed by atoms with van der Waals surface area (Å²) in [6, 6.07) is 23.0. The van der Waals surface area contributed by atoms with Gasteiger partial charge in [0.05, 0.1) is 16.9 Å². The van der Waals surface area contributed by atoms with Gasteiger partial charge in [0.2, 0.25) is 0 Å². The fourth-order valence-electron chi connectivity index (χ4n) is 2.26. The minimum absolute atomic E-state index is 0.435. The zero-order valence-electron chi connectivity index (χ0n) is 15.2. The van der Waals surface area contributed by atoms with Crippen LogP contribution in [-0.4, -0.2) is 11.9 Å². The summed E-state index contributed by atoms with van der Waals surface area (Å²) in [6.07, 6.45) is 2.99. The van der Waals surface area contributed by atoms with E-state index in [1.54, 1.807) is 48.5 Å². The SMILES string of the molecule is O=C(/C=C/c1ccccc1)ONc1ccc(N=NC(=O)c2ccccc2Br)cc1. The maximum Gasteiger partial charge on any atom is 0.355 e. The van der Waals surface area contributed by atoms with Gasteiger partial charge in [-0.15, -0.1) is 10.2 Å². The monoisotopic (exact) mass is 449 g/mol.